The van der Waals surface area contributed by atoms with Crippen molar-refractivity contribution in [1.29, 1.82) is 0 Å². The molecule has 120 valence electrons. The van der Waals surface area contributed by atoms with Gasteiger partial charge in [0, 0.05) is 30.3 Å². The lowest BCUT2D eigenvalue weighted by Gasteiger charge is -2.39. The molecule has 23 heavy (non-hydrogen) atoms. The number of benzene rings is 2. The molecule has 1 saturated heterocycles. The van der Waals surface area contributed by atoms with Crippen LogP contribution in [0.3, 0.4) is 0 Å². The van der Waals surface area contributed by atoms with Crippen molar-refractivity contribution in [1.82, 2.24) is 4.90 Å². The Labute approximate surface area is 140 Å². The van der Waals surface area contributed by atoms with Crippen LogP contribution in [0.25, 0.3) is 0 Å². The Morgan fingerprint density at radius 2 is 1.74 bits per heavy atom. The van der Waals surface area contributed by atoms with E-state index in [1.165, 1.54) is 12.1 Å². The largest absolute Gasteiger partial charge is 0.310 e. The quantitative estimate of drug-likeness (QED) is 0.855. The zero-order valence-electron chi connectivity index (χ0n) is 12.9. The highest BCUT2D eigenvalue weighted by molar-refractivity contribution is 6.30. The highest BCUT2D eigenvalue weighted by atomic mass is 35.5. The first kappa shape index (κ1) is 16.0. The summed E-state index contributed by atoms with van der Waals surface area (Å²) in [5, 5.41) is 0.657. The topological polar surface area (TPSA) is 23.6 Å². The number of hydrogen-bond donors (Lipinski definition) is 0. The fourth-order valence-corrected chi connectivity index (χ4v) is 2.96. The summed E-state index contributed by atoms with van der Waals surface area (Å²) < 4.78 is 13.0. The molecule has 1 atom stereocenters. The Hall–Kier alpha value is -1.91. The van der Waals surface area contributed by atoms with Crippen molar-refractivity contribution in [3.8, 4) is 0 Å². The van der Waals surface area contributed by atoms with E-state index >= 15 is 0 Å². The molecule has 1 amide bonds. The molecular formula is C18H18ClFN2O. The first-order valence-corrected chi connectivity index (χ1v) is 7.98. The van der Waals surface area contributed by atoms with Gasteiger partial charge in [0.25, 0.3) is 0 Å². The van der Waals surface area contributed by atoms with E-state index in [2.05, 4.69) is 4.90 Å². The van der Waals surface area contributed by atoms with Crippen LogP contribution in [0.5, 0.6) is 0 Å². The highest BCUT2D eigenvalue weighted by Crippen LogP contribution is 2.23. The van der Waals surface area contributed by atoms with E-state index in [1.807, 2.05) is 19.1 Å². The minimum absolute atomic E-state index is 0.0701. The average Bonchev–Trinajstić information content (AvgIpc) is 2.55. The summed E-state index contributed by atoms with van der Waals surface area (Å²) in [4.78, 5) is 16.6. The molecule has 0 N–H and O–H groups in total. The van der Waals surface area contributed by atoms with Crippen LogP contribution in [0, 0.1) is 5.82 Å². The van der Waals surface area contributed by atoms with Gasteiger partial charge in [-0.15, -0.1) is 0 Å². The van der Waals surface area contributed by atoms with Crippen LogP contribution in [-0.2, 0) is 11.3 Å². The van der Waals surface area contributed by atoms with E-state index in [1.54, 1.807) is 29.2 Å². The molecule has 0 radical (unpaired) electrons. The molecule has 2 aromatic carbocycles. The molecule has 0 unspecified atom stereocenters. The maximum atomic E-state index is 13.0. The van der Waals surface area contributed by atoms with Crippen LogP contribution in [0.1, 0.15) is 12.5 Å². The van der Waals surface area contributed by atoms with Gasteiger partial charge in [0.15, 0.2) is 0 Å². The standard InChI is InChI=1S/C18H18ClFN2O/c1-13-18(23)22(17-8-4-15(19)5-9-17)11-10-21(13)12-14-2-6-16(20)7-3-14/h2-9,13H,10-12H2,1H3/t13-/m1/s1. The lowest BCUT2D eigenvalue weighted by atomic mass is 10.1. The predicted molar refractivity (Wildman–Crippen MR) is 90.1 cm³/mol. The van der Waals surface area contributed by atoms with E-state index in [9.17, 15) is 9.18 Å². The average molecular weight is 333 g/mol. The van der Waals surface area contributed by atoms with Crippen molar-refractivity contribution in [3.05, 3.63) is 64.9 Å². The smallest absolute Gasteiger partial charge is 0.244 e. The van der Waals surface area contributed by atoms with Crippen molar-refractivity contribution in [2.75, 3.05) is 18.0 Å². The fourth-order valence-electron chi connectivity index (χ4n) is 2.83. The van der Waals surface area contributed by atoms with Gasteiger partial charge in [-0.3, -0.25) is 9.69 Å². The minimum atomic E-state index is -0.245. The number of rotatable bonds is 3. The summed E-state index contributed by atoms with van der Waals surface area (Å²) in [5.74, 6) is -0.175. The van der Waals surface area contributed by atoms with E-state index in [4.69, 9.17) is 11.6 Å². The summed E-state index contributed by atoms with van der Waals surface area (Å²) in [6, 6.07) is 13.5. The Morgan fingerprint density at radius 3 is 2.39 bits per heavy atom. The first-order valence-electron chi connectivity index (χ1n) is 7.60. The van der Waals surface area contributed by atoms with E-state index in [-0.39, 0.29) is 17.8 Å². The van der Waals surface area contributed by atoms with Crippen molar-refractivity contribution in [3.63, 3.8) is 0 Å². The highest BCUT2D eigenvalue weighted by Gasteiger charge is 2.32. The molecule has 0 aromatic heterocycles. The van der Waals surface area contributed by atoms with Crippen LogP contribution < -0.4 is 4.90 Å². The molecule has 0 spiro atoms. The Balaban J connectivity index is 1.70. The number of carbonyl (C=O) groups is 1. The fraction of sp³-hybridized carbons (Fsp3) is 0.278. The first-order chi connectivity index (χ1) is 11.0. The van der Waals surface area contributed by atoms with Crippen LogP contribution in [0.4, 0.5) is 10.1 Å². The third kappa shape index (κ3) is 3.54. The lowest BCUT2D eigenvalue weighted by Crippen LogP contribution is -2.55. The SMILES string of the molecule is C[C@@H]1C(=O)N(c2ccc(Cl)cc2)CCN1Cc1ccc(F)cc1. The van der Waals surface area contributed by atoms with Crippen molar-refractivity contribution < 1.29 is 9.18 Å². The van der Waals surface area contributed by atoms with Crippen molar-refractivity contribution in [2.45, 2.75) is 19.5 Å². The van der Waals surface area contributed by atoms with Gasteiger partial charge in [-0.2, -0.15) is 0 Å². The normalized spacial score (nSPS) is 19.2. The Morgan fingerprint density at radius 1 is 1.09 bits per heavy atom. The molecule has 0 aliphatic carbocycles. The molecule has 3 rings (SSSR count). The van der Waals surface area contributed by atoms with Crippen LogP contribution in [0.2, 0.25) is 5.02 Å². The van der Waals surface area contributed by atoms with Crippen molar-refractivity contribution in [2.24, 2.45) is 0 Å². The Kier molecular flexibility index (Phi) is 4.64. The molecule has 0 saturated carbocycles. The summed E-state index contributed by atoms with van der Waals surface area (Å²) in [6.45, 7) is 3.95. The molecule has 1 fully saturated rings. The molecular weight excluding hydrogens is 315 g/mol. The van der Waals surface area contributed by atoms with Crippen LogP contribution >= 0.6 is 11.6 Å². The molecule has 0 bridgehead atoms. The van der Waals surface area contributed by atoms with E-state index in [0.29, 0.717) is 18.1 Å². The maximum Gasteiger partial charge on any atom is 0.244 e. The van der Waals surface area contributed by atoms with Gasteiger partial charge >= 0.3 is 0 Å². The van der Waals surface area contributed by atoms with Gasteiger partial charge in [0.05, 0.1) is 6.04 Å². The lowest BCUT2D eigenvalue weighted by molar-refractivity contribution is -0.125. The summed E-state index contributed by atoms with van der Waals surface area (Å²) in [7, 11) is 0. The number of piperazine rings is 1. The van der Waals surface area contributed by atoms with E-state index in [0.717, 1.165) is 17.8 Å². The van der Waals surface area contributed by atoms with Crippen LogP contribution in [0.15, 0.2) is 48.5 Å². The van der Waals surface area contributed by atoms with Gasteiger partial charge in [-0.25, -0.2) is 4.39 Å². The van der Waals surface area contributed by atoms with Crippen molar-refractivity contribution >= 4 is 23.2 Å². The maximum absolute atomic E-state index is 13.0. The van der Waals surface area contributed by atoms with Gasteiger partial charge in [0.2, 0.25) is 5.91 Å². The van der Waals surface area contributed by atoms with Gasteiger partial charge in [-0.05, 0) is 48.9 Å². The summed E-state index contributed by atoms with van der Waals surface area (Å²) >= 11 is 5.90. The molecule has 5 heteroatoms. The number of hydrogen-bond acceptors (Lipinski definition) is 2. The number of nitrogens with zero attached hydrogens (tertiary/aromatic N) is 2. The second-order valence-electron chi connectivity index (χ2n) is 5.74. The number of anilines is 1. The van der Waals surface area contributed by atoms with Gasteiger partial charge in [-0.1, -0.05) is 23.7 Å². The summed E-state index contributed by atoms with van der Waals surface area (Å²) in [5.41, 5.74) is 1.87. The van der Waals surface area contributed by atoms with Gasteiger partial charge in [0.1, 0.15) is 5.82 Å². The monoisotopic (exact) mass is 332 g/mol. The second-order valence-corrected chi connectivity index (χ2v) is 6.18. The van der Waals surface area contributed by atoms with E-state index < -0.39 is 0 Å². The molecule has 1 aliphatic heterocycles. The molecule has 1 heterocycles. The number of carbonyl (C=O) groups excluding carboxylic acids is 1. The minimum Gasteiger partial charge on any atom is -0.310 e. The summed E-state index contributed by atoms with van der Waals surface area (Å²) in [6.07, 6.45) is 0. The third-order valence-corrected chi connectivity index (χ3v) is 4.47. The van der Waals surface area contributed by atoms with Gasteiger partial charge < -0.3 is 4.90 Å². The molecule has 3 nitrogen and oxygen atoms in total. The predicted octanol–water partition coefficient (Wildman–Crippen LogP) is 3.72. The Bertz CT molecular complexity index is 687. The third-order valence-electron chi connectivity index (χ3n) is 4.22. The zero-order valence-corrected chi connectivity index (χ0v) is 13.6. The zero-order chi connectivity index (χ0) is 16.4. The number of halogens is 2. The van der Waals surface area contributed by atoms with Crippen LogP contribution in [-0.4, -0.2) is 29.9 Å². The second kappa shape index (κ2) is 6.69. The number of amides is 1. The molecule has 2 aromatic rings. The molecule has 1 aliphatic rings.